The van der Waals surface area contributed by atoms with Crippen molar-refractivity contribution in [2.75, 3.05) is 26.2 Å². The topological polar surface area (TPSA) is 40.9 Å². The average Bonchev–Trinajstić information content (AvgIpc) is 2.82. The van der Waals surface area contributed by atoms with E-state index in [-0.39, 0.29) is 0 Å². The molecule has 0 aromatic carbocycles. The minimum atomic E-state index is 0.322. The molecule has 23 heavy (non-hydrogen) atoms. The van der Waals surface area contributed by atoms with Crippen LogP contribution in [0.5, 0.6) is 0 Å². The van der Waals surface area contributed by atoms with Gasteiger partial charge in [-0.05, 0) is 31.9 Å². The predicted octanol–water partition coefficient (Wildman–Crippen LogP) is 2.09. The summed E-state index contributed by atoms with van der Waals surface area (Å²) >= 11 is 0. The van der Waals surface area contributed by atoms with E-state index in [4.69, 9.17) is 0 Å². The molecule has 1 aliphatic heterocycles. The van der Waals surface area contributed by atoms with E-state index in [0.717, 1.165) is 56.9 Å². The van der Waals surface area contributed by atoms with Crippen LogP contribution in [-0.4, -0.2) is 51.3 Å². The third-order valence-corrected chi connectivity index (χ3v) is 5.34. The highest BCUT2D eigenvalue weighted by atomic mass is 16.2. The van der Waals surface area contributed by atoms with Crippen molar-refractivity contribution in [3.8, 4) is 0 Å². The van der Waals surface area contributed by atoms with Gasteiger partial charge >= 0.3 is 0 Å². The van der Waals surface area contributed by atoms with Crippen molar-refractivity contribution in [1.82, 2.24) is 19.2 Å². The molecule has 0 N–H and O–H groups in total. The SMILES string of the molecule is Cc1nc2ccccn2c1CN1CCN(C(=O)C2CCC2)CC1. The first-order chi connectivity index (χ1) is 11.2. The Morgan fingerprint density at radius 1 is 1.22 bits per heavy atom. The van der Waals surface area contributed by atoms with Crippen LogP contribution in [0.4, 0.5) is 0 Å². The molecule has 0 radical (unpaired) electrons. The van der Waals surface area contributed by atoms with E-state index in [0.29, 0.717) is 11.8 Å². The van der Waals surface area contributed by atoms with Gasteiger partial charge < -0.3 is 9.30 Å². The van der Waals surface area contributed by atoms with E-state index in [2.05, 4.69) is 32.3 Å². The molecule has 2 aliphatic rings. The van der Waals surface area contributed by atoms with Gasteiger partial charge in [0, 0.05) is 44.8 Å². The highest BCUT2D eigenvalue weighted by molar-refractivity contribution is 5.79. The number of aryl methyl sites for hydroxylation is 1. The Balaban J connectivity index is 1.40. The number of amides is 1. The first-order valence-corrected chi connectivity index (χ1v) is 8.66. The number of imidazole rings is 1. The van der Waals surface area contributed by atoms with Gasteiger partial charge in [-0.25, -0.2) is 4.98 Å². The van der Waals surface area contributed by atoms with Gasteiger partial charge in [-0.2, -0.15) is 0 Å². The maximum atomic E-state index is 12.3. The first-order valence-electron chi connectivity index (χ1n) is 8.66. The molecule has 5 heteroatoms. The van der Waals surface area contributed by atoms with Crippen molar-refractivity contribution in [2.45, 2.75) is 32.7 Å². The lowest BCUT2D eigenvalue weighted by Crippen LogP contribution is -2.50. The summed E-state index contributed by atoms with van der Waals surface area (Å²) < 4.78 is 2.18. The number of piperazine rings is 1. The van der Waals surface area contributed by atoms with Gasteiger partial charge in [-0.1, -0.05) is 12.5 Å². The number of rotatable bonds is 3. The fraction of sp³-hybridized carbons (Fsp3) is 0.556. The molecule has 2 aromatic heterocycles. The molecule has 2 aromatic rings. The molecule has 1 saturated carbocycles. The van der Waals surface area contributed by atoms with E-state index in [1.54, 1.807) is 0 Å². The number of fused-ring (bicyclic) bond motifs is 1. The largest absolute Gasteiger partial charge is 0.340 e. The molecular weight excluding hydrogens is 288 g/mol. The lowest BCUT2D eigenvalue weighted by molar-refractivity contribution is -0.140. The summed E-state index contributed by atoms with van der Waals surface area (Å²) in [6.45, 7) is 6.63. The van der Waals surface area contributed by atoms with Crippen molar-refractivity contribution in [3.05, 3.63) is 35.8 Å². The Morgan fingerprint density at radius 2 is 2.00 bits per heavy atom. The molecule has 5 nitrogen and oxygen atoms in total. The third-order valence-electron chi connectivity index (χ3n) is 5.34. The molecule has 122 valence electrons. The maximum absolute atomic E-state index is 12.3. The number of hydrogen-bond donors (Lipinski definition) is 0. The molecule has 1 aliphatic carbocycles. The number of aromatic nitrogens is 2. The van der Waals surface area contributed by atoms with E-state index in [1.165, 1.54) is 12.1 Å². The third kappa shape index (κ3) is 2.74. The summed E-state index contributed by atoms with van der Waals surface area (Å²) in [6.07, 6.45) is 5.51. The fourth-order valence-electron chi connectivity index (χ4n) is 3.61. The van der Waals surface area contributed by atoms with Crippen LogP contribution in [0.3, 0.4) is 0 Å². The van der Waals surface area contributed by atoms with Crippen LogP contribution in [0.1, 0.15) is 30.7 Å². The van der Waals surface area contributed by atoms with Crippen LogP contribution in [0.25, 0.3) is 5.65 Å². The second kappa shape index (κ2) is 5.96. The molecule has 1 saturated heterocycles. The Labute approximate surface area is 136 Å². The van der Waals surface area contributed by atoms with Crippen molar-refractivity contribution in [1.29, 1.82) is 0 Å². The minimum Gasteiger partial charge on any atom is -0.340 e. The summed E-state index contributed by atoms with van der Waals surface area (Å²) in [5.41, 5.74) is 3.38. The predicted molar refractivity (Wildman–Crippen MR) is 89.1 cm³/mol. The molecule has 1 amide bonds. The highest BCUT2D eigenvalue weighted by Crippen LogP contribution is 2.28. The van der Waals surface area contributed by atoms with Crippen molar-refractivity contribution in [3.63, 3.8) is 0 Å². The Kier molecular flexibility index (Phi) is 3.81. The van der Waals surface area contributed by atoms with Crippen LogP contribution >= 0.6 is 0 Å². The van der Waals surface area contributed by atoms with Gasteiger partial charge in [0.15, 0.2) is 0 Å². The molecule has 0 bridgehead atoms. The van der Waals surface area contributed by atoms with Crippen molar-refractivity contribution in [2.24, 2.45) is 5.92 Å². The summed E-state index contributed by atoms with van der Waals surface area (Å²) in [7, 11) is 0. The average molecular weight is 312 g/mol. The number of nitrogens with zero attached hydrogens (tertiary/aromatic N) is 4. The van der Waals surface area contributed by atoms with Crippen LogP contribution in [-0.2, 0) is 11.3 Å². The molecule has 0 spiro atoms. The summed E-state index contributed by atoms with van der Waals surface area (Å²) in [6, 6.07) is 6.12. The lowest BCUT2D eigenvalue weighted by Gasteiger charge is -2.38. The second-order valence-electron chi connectivity index (χ2n) is 6.80. The van der Waals surface area contributed by atoms with Crippen LogP contribution < -0.4 is 0 Å². The molecule has 0 unspecified atom stereocenters. The van der Waals surface area contributed by atoms with E-state index < -0.39 is 0 Å². The number of carbonyl (C=O) groups is 1. The minimum absolute atomic E-state index is 0.322. The van der Waals surface area contributed by atoms with Gasteiger partial charge in [0.1, 0.15) is 5.65 Å². The zero-order valence-corrected chi connectivity index (χ0v) is 13.7. The van der Waals surface area contributed by atoms with Crippen molar-refractivity contribution >= 4 is 11.6 Å². The normalized spacial score (nSPS) is 20.0. The molecule has 0 atom stereocenters. The van der Waals surface area contributed by atoms with Gasteiger partial charge in [-0.3, -0.25) is 9.69 Å². The Hall–Kier alpha value is -1.88. The summed E-state index contributed by atoms with van der Waals surface area (Å²) in [5.74, 6) is 0.712. The molecule has 2 fully saturated rings. The monoisotopic (exact) mass is 312 g/mol. The van der Waals surface area contributed by atoms with E-state index in [1.807, 2.05) is 18.2 Å². The zero-order valence-electron chi connectivity index (χ0n) is 13.7. The lowest BCUT2D eigenvalue weighted by atomic mass is 9.84. The summed E-state index contributed by atoms with van der Waals surface area (Å²) in [5, 5.41) is 0. The molecule has 4 rings (SSSR count). The van der Waals surface area contributed by atoms with Gasteiger partial charge in [0.05, 0.1) is 11.4 Å². The highest BCUT2D eigenvalue weighted by Gasteiger charge is 2.31. The number of carbonyl (C=O) groups excluding carboxylic acids is 1. The van der Waals surface area contributed by atoms with Crippen LogP contribution in [0, 0.1) is 12.8 Å². The van der Waals surface area contributed by atoms with E-state index >= 15 is 0 Å². The maximum Gasteiger partial charge on any atom is 0.225 e. The first kappa shape index (κ1) is 14.7. The smallest absolute Gasteiger partial charge is 0.225 e. The summed E-state index contributed by atoms with van der Waals surface area (Å²) in [4.78, 5) is 21.5. The van der Waals surface area contributed by atoms with E-state index in [9.17, 15) is 4.79 Å². The fourth-order valence-corrected chi connectivity index (χ4v) is 3.61. The van der Waals surface area contributed by atoms with Gasteiger partial charge in [0.2, 0.25) is 5.91 Å². The quantitative estimate of drug-likeness (QED) is 0.871. The standard InChI is InChI=1S/C18H24N4O/c1-14-16(22-8-3-2-7-17(22)19-14)13-20-9-11-21(12-10-20)18(23)15-5-4-6-15/h2-3,7-8,15H,4-6,9-13H2,1H3. The Bertz CT molecular complexity index is 711. The van der Waals surface area contributed by atoms with Crippen molar-refractivity contribution < 1.29 is 4.79 Å². The zero-order chi connectivity index (χ0) is 15.8. The number of hydrogen-bond acceptors (Lipinski definition) is 3. The second-order valence-corrected chi connectivity index (χ2v) is 6.80. The van der Waals surface area contributed by atoms with Gasteiger partial charge in [0.25, 0.3) is 0 Å². The molecule has 3 heterocycles. The molecular formula is C18H24N4O. The van der Waals surface area contributed by atoms with Crippen LogP contribution in [0.15, 0.2) is 24.4 Å². The van der Waals surface area contributed by atoms with Gasteiger partial charge in [-0.15, -0.1) is 0 Å². The number of pyridine rings is 1. The Morgan fingerprint density at radius 3 is 2.70 bits per heavy atom. The van der Waals surface area contributed by atoms with Crippen LogP contribution in [0.2, 0.25) is 0 Å².